The fraction of sp³-hybridized carbons (Fsp3) is 0.318. The number of aromatic amines is 1. The molecule has 5 heterocycles. The van der Waals surface area contributed by atoms with E-state index in [-0.39, 0.29) is 25.9 Å². The van der Waals surface area contributed by atoms with Gasteiger partial charge in [-0.3, -0.25) is 0 Å². The molecule has 5 aromatic rings. The molecule has 2 N–H and O–H groups in total. The second-order valence-electron chi connectivity index (χ2n) is 8.61. The number of rotatable bonds is 5. The fourth-order valence-corrected chi connectivity index (χ4v) is 4.70. The van der Waals surface area contributed by atoms with Crippen molar-refractivity contribution in [3.63, 3.8) is 0 Å². The van der Waals surface area contributed by atoms with Crippen molar-refractivity contribution in [1.82, 2.24) is 37.5 Å². The summed E-state index contributed by atoms with van der Waals surface area (Å²) in [6, 6.07) is 5.99. The first-order valence-corrected chi connectivity index (χ1v) is 12.1. The molecule has 6 rings (SSSR count). The van der Waals surface area contributed by atoms with E-state index in [0.717, 1.165) is 33.5 Å². The molecule has 10 nitrogen and oxygen atoms in total. The van der Waals surface area contributed by atoms with E-state index in [0.29, 0.717) is 24.1 Å². The first-order valence-electron chi connectivity index (χ1n) is 11.1. The lowest BCUT2D eigenvalue weighted by Crippen LogP contribution is -2.40. The number of aryl methyl sites for hydroxylation is 1. The molecule has 0 atom stereocenters. The number of hydrogen-bond donors (Lipinski definition) is 2. The van der Waals surface area contributed by atoms with Gasteiger partial charge in [0.25, 0.3) is 5.92 Å². The SMILES string of the molecule is Cc1cccc2[nH]c(CNc3nc(N4CCC(F)(F)CC4)nc4c(-c5cnn(I)c5)cnn34)nc12. The predicted molar refractivity (Wildman–Crippen MR) is 136 cm³/mol. The number of halogens is 3. The smallest absolute Gasteiger partial charge is 0.251 e. The van der Waals surface area contributed by atoms with Crippen LogP contribution in [0.2, 0.25) is 0 Å². The second kappa shape index (κ2) is 8.39. The molecule has 1 aromatic carbocycles. The third-order valence-corrected chi connectivity index (χ3v) is 6.70. The van der Waals surface area contributed by atoms with Crippen LogP contribution in [0.15, 0.2) is 36.8 Å². The second-order valence-corrected chi connectivity index (χ2v) is 9.60. The van der Waals surface area contributed by atoms with Crippen molar-refractivity contribution in [2.75, 3.05) is 23.3 Å². The van der Waals surface area contributed by atoms with Crippen LogP contribution < -0.4 is 10.2 Å². The average Bonchev–Trinajstić information content (AvgIpc) is 3.55. The van der Waals surface area contributed by atoms with Gasteiger partial charge < -0.3 is 15.2 Å². The topological polar surface area (TPSA) is 105 Å². The van der Waals surface area contributed by atoms with E-state index < -0.39 is 5.92 Å². The van der Waals surface area contributed by atoms with Crippen LogP contribution in [0.3, 0.4) is 0 Å². The first-order chi connectivity index (χ1) is 16.9. The average molecular weight is 590 g/mol. The minimum atomic E-state index is -2.66. The number of piperidine rings is 1. The van der Waals surface area contributed by atoms with Crippen molar-refractivity contribution in [2.24, 2.45) is 0 Å². The predicted octanol–water partition coefficient (Wildman–Crippen LogP) is 4.22. The minimum absolute atomic E-state index is 0.181. The Bertz CT molecular complexity index is 1530. The summed E-state index contributed by atoms with van der Waals surface area (Å²) in [5, 5.41) is 12.0. The largest absolute Gasteiger partial charge is 0.347 e. The van der Waals surface area contributed by atoms with E-state index >= 15 is 0 Å². The van der Waals surface area contributed by atoms with Crippen LogP contribution in [0, 0.1) is 6.92 Å². The Morgan fingerprint density at radius 3 is 2.69 bits per heavy atom. The number of para-hydroxylation sites is 1. The molecule has 0 unspecified atom stereocenters. The molecule has 1 fully saturated rings. The van der Waals surface area contributed by atoms with E-state index in [2.05, 4.69) is 48.3 Å². The summed E-state index contributed by atoms with van der Waals surface area (Å²) in [7, 11) is 0. The standard InChI is InChI=1S/C22H21F2IN10/c1-13-3-2-4-16-18(13)30-17(29-16)11-26-20-32-21(33-7-5-22(23,24)6-8-33)31-19-15(10-28-35(19)20)14-9-27-34(25)12-14/h2-4,9-10,12H,5-8,11H2,1H3,(H,29,30)(H,26,31,32). The number of aromatic nitrogens is 8. The van der Waals surface area contributed by atoms with Crippen molar-refractivity contribution in [3.05, 3.63) is 48.2 Å². The minimum Gasteiger partial charge on any atom is -0.347 e. The molecule has 1 saturated heterocycles. The monoisotopic (exact) mass is 590 g/mol. The maximum atomic E-state index is 13.8. The van der Waals surface area contributed by atoms with Gasteiger partial charge in [-0.15, -0.1) is 0 Å². The number of anilines is 2. The lowest BCUT2D eigenvalue weighted by molar-refractivity contribution is -0.0222. The summed E-state index contributed by atoms with van der Waals surface area (Å²) < 4.78 is 30.8. The van der Waals surface area contributed by atoms with Gasteiger partial charge in [0.15, 0.2) is 5.65 Å². The zero-order chi connectivity index (χ0) is 24.2. The van der Waals surface area contributed by atoms with Gasteiger partial charge in [-0.25, -0.2) is 16.7 Å². The Hall–Kier alpha value is -3.36. The Balaban J connectivity index is 1.38. The Morgan fingerprint density at radius 1 is 1.11 bits per heavy atom. The van der Waals surface area contributed by atoms with Crippen molar-refractivity contribution < 1.29 is 8.78 Å². The Kier molecular flexibility index (Phi) is 5.30. The molecule has 0 bridgehead atoms. The molecule has 180 valence electrons. The van der Waals surface area contributed by atoms with Gasteiger partial charge in [0.2, 0.25) is 11.9 Å². The molecule has 0 aliphatic carbocycles. The van der Waals surface area contributed by atoms with Crippen LogP contribution in [0.1, 0.15) is 24.2 Å². The summed E-state index contributed by atoms with van der Waals surface area (Å²) in [5.74, 6) is -1.07. The van der Waals surface area contributed by atoms with Gasteiger partial charge in [0.05, 0.1) is 58.4 Å². The van der Waals surface area contributed by atoms with Crippen LogP contribution >= 0.6 is 22.9 Å². The molecule has 4 aromatic heterocycles. The zero-order valence-electron chi connectivity index (χ0n) is 18.7. The van der Waals surface area contributed by atoms with Crippen molar-refractivity contribution in [2.45, 2.75) is 32.2 Å². The van der Waals surface area contributed by atoms with Gasteiger partial charge >= 0.3 is 0 Å². The number of H-pyrrole nitrogens is 1. The Labute approximate surface area is 212 Å². The lowest BCUT2D eigenvalue weighted by atomic mass is 10.1. The van der Waals surface area contributed by atoms with Gasteiger partial charge in [0, 0.05) is 37.7 Å². The van der Waals surface area contributed by atoms with E-state index in [9.17, 15) is 8.78 Å². The van der Waals surface area contributed by atoms with Gasteiger partial charge in [-0.05, 0) is 18.6 Å². The number of fused-ring (bicyclic) bond motifs is 2. The number of imidazole rings is 1. The number of benzene rings is 1. The molecule has 1 aliphatic rings. The van der Waals surface area contributed by atoms with Crippen LogP contribution in [-0.2, 0) is 6.54 Å². The number of nitrogens with zero attached hydrogens (tertiary/aromatic N) is 8. The third kappa shape index (κ3) is 4.17. The summed E-state index contributed by atoms with van der Waals surface area (Å²) >= 11 is 2.07. The van der Waals surface area contributed by atoms with Crippen LogP contribution in [0.5, 0.6) is 0 Å². The maximum absolute atomic E-state index is 13.8. The highest BCUT2D eigenvalue weighted by Gasteiger charge is 2.35. The van der Waals surface area contributed by atoms with Crippen molar-refractivity contribution in [1.29, 1.82) is 0 Å². The van der Waals surface area contributed by atoms with E-state index in [1.165, 1.54) is 0 Å². The molecule has 0 amide bonds. The first kappa shape index (κ1) is 22.1. The summed E-state index contributed by atoms with van der Waals surface area (Å²) in [6.07, 6.45) is 4.86. The molecule has 1 aliphatic heterocycles. The van der Waals surface area contributed by atoms with Gasteiger partial charge in [-0.1, -0.05) is 12.1 Å². The highest BCUT2D eigenvalue weighted by molar-refractivity contribution is 14.1. The highest BCUT2D eigenvalue weighted by atomic mass is 127. The molecule has 0 spiro atoms. The summed E-state index contributed by atoms with van der Waals surface area (Å²) in [6.45, 7) is 2.76. The van der Waals surface area contributed by atoms with Crippen LogP contribution in [0.4, 0.5) is 20.7 Å². The van der Waals surface area contributed by atoms with Gasteiger partial charge in [-0.2, -0.15) is 24.7 Å². The number of hydrogen-bond acceptors (Lipinski definition) is 7. The van der Waals surface area contributed by atoms with Crippen LogP contribution in [-0.4, -0.2) is 56.6 Å². The number of nitrogens with one attached hydrogen (secondary N) is 2. The van der Waals surface area contributed by atoms with E-state index in [1.807, 2.05) is 31.3 Å². The van der Waals surface area contributed by atoms with Crippen molar-refractivity contribution in [3.8, 4) is 11.1 Å². The third-order valence-electron chi connectivity index (χ3n) is 6.18. The highest BCUT2D eigenvalue weighted by Crippen LogP contribution is 2.31. The normalized spacial score (nSPS) is 15.8. The molecular weight excluding hydrogens is 569 g/mol. The summed E-state index contributed by atoms with van der Waals surface area (Å²) in [5.41, 5.74) is 5.17. The molecule has 35 heavy (non-hydrogen) atoms. The maximum Gasteiger partial charge on any atom is 0.251 e. The fourth-order valence-electron chi connectivity index (χ4n) is 4.27. The summed E-state index contributed by atoms with van der Waals surface area (Å²) in [4.78, 5) is 19.2. The van der Waals surface area contributed by atoms with Crippen LogP contribution in [0.25, 0.3) is 27.8 Å². The quantitative estimate of drug-likeness (QED) is 0.296. The van der Waals surface area contributed by atoms with E-state index in [4.69, 9.17) is 9.97 Å². The Morgan fingerprint density at radius 2 is 1.94 bits per heavy atom. The number of alkyl halides is 2. The van der Waals surface area contributed by atoms with Gasteiger partial charge in [0.1, 0.15) is 5.82 Å². The van der Waals surface area contributed by atoms with E-state index in [1.54, 1.807) is 24.7 Å². The van der Waals surface area contributed by atoms with Crippen molar-refractivity contribution >= 4 is 51.4 Å². The molecule has 0 saturated carbocycles. The lowest BCUT2D eigenvalue weighted by Gasteiger charge is -2.31. The molecule has 0 radical (unpaired) electrons. The molecule has 13 heteroatoms. The molecular formula is C22H21F2IN10. The zero-order valence-corrected chi connectivity index (χ0v) is 20.9.